The lowest BCUT2D eigenvalue weighted by molar-refractivity contribution is -0.134. The molecule has 0 radical (unpaired) electrons. The Morgan fingerprint density at radius 3 is 2.06 bits per heavy atom. The topological polar surface area (TPSA) is 73.6 Å². The molecule has 0 aliphatic rings. The summed E-state index contributed by atoms with van der Waals surface area (Å²) in [6, 6.07) is 30.5. The van der Waals surface area contributed by atoms with E-state index in [1.807, 2.05) is 48.5 Å². The van der Waals surface area contributed by atoms with Crippen LogP contribution in [0, 0.1) is 0 Å². The summed E-state index contributed by atoms with van der Waals surface area (Å²) in [5, 5.41) is 3.48. The Bertz CT molecular complexity index is 1360. The molecular formula is C27H19ClN2O4. The number of carbonyl (C=O) groups excluding carboxylic acids is 1. The van der Waals surface area contributed by atoms with Crippen molar-refractivity contribution in [2.75, 3.05) is 5.32 Å². The van der Waals surface area contributed by atoms with Crippen LogP contribution in [0.3, 0.4) is 0 Å². The maximum atomic E-state index is 13.1. The normalized spacial score (nSPS) is 10.9. The Hall–Kier alpha value is -4.29. The number of benzene rings is 4. The Labute approximate surface area is 200 Å². The van der Waals surface area contributed by atoms with Gasteiger partial charge in [-0.25, -0.2) is 4.98 Å². The highest BCUT2D eigenvalue weighted by Crippen LogP contribution is 2.27. The second-order valence-electron chi connectivity index (χ2n) is 7.39. The zero-order valence-corrected chi connectivity index (χ0v) is 18.6. The largest absolute Gasteiger partial charge is 0.446 e. The molecule has 0 bridgehead atoms. The van der Waals surface area contributed by atoms with Gasteiger partial charge in [0.15, 0.2) is 5.58 Å². The first-order chi connectivity index (χ1) is 16.6. The monoisotopic (exact) mass is 470 g/mol. The molecule has 34 heavy (non-hydrogen) atoms. The molecule has 0 unspecified atom stereocenters. The molecule has 7 heteroatoms. The van der Waals surface area contributed by atoms with E-state index in [1.54, 1.807) is 54.6 Å². The predicted molar refractivity (Wildman–Crippen MR) is 131 cm³/mol. The Morgan fingerprint density at radius 1 is 0.824 bits per heavy atom. The van der Waals surface area contributed by atoms with Crippen LogP contribution in [0.5, 0.6) is 11.5 Å². The third-order valence-electron chi connectivity index (χ3n) is 4.93. The summed E-state index contributed by atoms with van der Waals surface area (Å²) in [6.07, 6.45) is -1.21. The maximum absolute atomic E-state index is 13.1. The van der Waals surface area contributed by atoms with Gasteiger partial charge in [-0.2, -0.15) is 0 Å². The number of aromatic nitrogens is 1. The van der Waals surface area contributed by atoms with E-state index >= 15 is 0 Å². The second kappa shape index (κ2) is 9.68. The van der Waals surface area contributed by atoms with Gasteiger partial charge in [0, 0.05) is 16.3 Å². The summed E-state index contributed by atoms with van der Waals surface area (Å²) in [5.74, 6) is 1.03. The van der Waals surface area contributed by atoms with Gasteiger partial charge in [-0.1, -0.05) is 48.0 Å². The summed E-state index contributed by atoms with van der Waals surface area (Å²) < 4.78 is 17.5. The summed E-state index contributed by atoms with van der Waals surface area (Å²) in [4.78, 5) is 17.6. The highest BCUT2D eigenvalue weighted by Gasteiger charge is 2.23. The number of para-hydroxylation sites is 2. The molecule has 4 aromatic carbocycles. The van der Waals surface area contributed by atoms with Crippen molar-refractivity contribution in [2.45, 2.75) is 6.29 Å². The molecule has 0 aliphatic carbocycles. The van der Waals surface area contributed by atoms with Crippen molar-refractivity contribution in [1.82, 2.24) is 4.98 Å². The average Bonchev–Trinajstić information content (AvgIpc) is 3.29. The number of halogens is 1. The molecule has 0 aliphatic heterocycles. The van der Waals surface area contributed by atoms with E-state index in [1.165, 1.54) is 0 Å². The van der Waals surface area contributed by atoms with E-state index < -0.39 is 12.2 Å². The first kappa shape index (κ1) is 21.6. The summed E-state index contributed by atoms with van der Waals surface area (Å²) in [6.45, 7) is 0. The highest BCUT2D eigenvalue weighted by molar-refractivity contribution is 6.30. The number of rotatable bonds is 7. The fourth-order valence-corrected chi connectivity index (χ4v) is 3.42. The lowest BCUT2D eigenvalue weighted by Crippen LogP contribution is -2.38. The third kappa shape index (κ3) is 5.03. The van der Waals surface area contributed by atoms with Gasteiger partial charge in [-0.15, -0.1) is 0 Å². The average molecular weight is 471 g/mol. The molecule has 0 saturated heterocycles. The molecule has 0 atom stereocenters. The van der Waals surface area contributed by atoms with Crippen LogP contribution in [0.4, 0.5) is 5.69 Å². The van der Waals surface area contributed by atoms with Crippen LogP contribution in [-0.4, -0.2) is 17.2 Å². The standard InChI is InChI=1S/C27H19ClN2O4/c28-19-13-11-18(12-14-19)26-30-23-17-20(15-16-24(23)34-26)29-25(31)27(32-21-7-3-1-4-8-21)33-22-9-5-2-6-10-22/h1-17,27H,(H,29,31). The van der Waals surface area contributed by atoms with Crippen LogP contribution in [0.15, 0.2) is 108 Å². The fourth-order valence-electron chi connectivity index (χ4n) is 3.30. The van der Waals surface area contributed by atoms with Crippen molar-refractivity contribution in [1.29, 1.82) is 0 Å². The quantitative estimate of drug-likeness (QED) is 0.272. The van der Waals surface area contributed by atoms with E-state index in [2.05, 4.69) is 10.3 Å². The molecule has 0 spiro atoms. The van der Waals surface area contributed by atoms with Gasteiger partial charge in [0.05, 0.1) is 0 Å². The van der Waals surface area contributed by atoms with Crippen LogP contribution >= 0.6 is 11.6 Å². The molecule has 168 valence electrons. The summed E-state index contributed by atoms with van der Waals surface area (Å²) >= 11 is 5.96. The van der Waals surface area contributed by atoms with E-state index in [0.29, 0.717) is 39.2 Å². The van der Waals surface area contributed by atoms with E-state index in [9.17, 15) is 4.79 Å². The molecule has 0 fully saturated rings. The number of carbonyl (C=O) groups is 1. The van der Waals surface area contributed by atoms with Crippen molar-refractivity contribution in [2.24, 2.45) is 0 Å². The third-order valence-corrected chi connectivity index (χ3v) is 5.18. The van der Waals surface area contributed by atoms with Crippen molar-refractivity contribution in [3.05, 3.63) is 108 Å². The van der Waals surface area contributed by atoms with Crippen LogP contribution in [-0.2, 0) is 4.79 Å². The smallest absolute Gasteiger partial charge is 0.321 e. The minimum Gasteiger partial charge on any atom is -0.446 e. The number of nitrogens with one attached hydrogen (secondary N) is 1. The zero-order chi connectivity index (χ0) is 23.3. The van der Waals surface area contributed by atoms with Crippen molar-refractivity contribution >= 4 is 34.3 Å². The van der Waals surface area contributed by atoms with Crippen molar-refractivity contribution < 1.29 is 18.7 Å². The number of ether oxygens (including phenoxy) is 2. The number of anilines is 1. The van der Waals surface area contributed by atoms with Gasteiger partial charge < -0.3 is 19.2 Å². The number of amides is 1. The Morgan fingerprint density at radius 2 is 1.44 bits per heavy atom. The first-order valence-electron chi connectivity index (χ1n) is 10.5. The molecule has 1 heterocycles. The maximum Gasteiger partial charge on any atom is 0.321 e. The van der Waals surface area contributed by atoms with Crippen LogP contribution in [0.1, 0.15) is 0 Å². The number of oxazole rings is 1. The lowest BCUT2D eigenvalue weighted by Gasteiger charge is -2.20. The summed E-state index contributed by atoms with van der Waals surface area (Å²) in [5.41, 5.74) is 2.54. The van der Waals surface area contributed by atoms with Crippen LogP contribution < -0.4 is 14.8 Å². The van der Waals surface area contributed by atoms with E-state index in [-0.39, 0.29) is 0 Å². The molecular weight excluding hydrogens is 452 g/mol. The van der Waals surface area contributed by atoms with Crippen LogP contribution in [0.2, 0.25) is 5.02 Å². The lowest BCUT2D eigenvalue weighted by atomic mass is 10.2. The van der Waals surface area contributed by atoms with Gasteiger partial charge in [0.25, 0.3) is 0 Å². The van der Waals surface area contributed by atoms with E-state index in [4.69, 9.17) is 25.5 Å². The van der Waals surface area contributed by atoms with Gasteiger partial charge >= 0.3 is 12.2 Å². The first-order valence-corrected chi connectivity index (χ1v) is 10.9. The van der Waals surface area contributed by atoms with Crippen molar-refractivity contribution in [3.8, 4) is 23.0 Å². The Balaban J connectivity index is 1.37. The molecule has 1 N–H and O–H groups in total. The SMILES string of the molecule is O=C(Nc1ccc2oc(-c3ccc(Cl)cc3)nc2c1)C(Oc1ccccc1)Oc1ccccc1. The number of nitrogens with zero attached hydrogens (tertiary/aromatic N) is 1. The molecule has 6 nitrogen and oxygen atoms in total. The summed E-state index contributed by atoms with van der Waals surface area (Å²) in [7, 11) is 0. The molecule has 1 amide bonds. The minimum absolute atomic E-state index is 0.464. The molecule has 1 aromatic heterocycles. The highest BCUT2D eigenvalue weighted by atomic mass is 35.5. The predicted octanol–water partition coefficient (Wildman–Crippen LogP) is 6.57. The minimum atomic E-state index is -1.21. The number of fused-ring (bicyclic) bond motifs is 1. The number of hydrogen-bond donors (Lipinski definition) is 1. The number of hydrogen-bond acceptors (Lipinski definition) is 5. The van der Waals surface area contributed by atoms with Gasteiger partial charge in [-0.05, 0) is 66.7 Å². The molecule has 5 rings (SSSR count). The fraction of sp³-hybridized carbons (Fsp3) is 0.0370. The zero-order valence-electron chi connectivity index (χ0n) is 17.9. The van der Waals surface area contributed by atoms with Gasteiger partial charge in [0.2, 0.25) is 5.89 Å². The Kier molecular flexibility index (Phi) is 6.14. The molecule has 5 aromatic rings. The second-order valence-corrected chi connectivity index (χ2v) is 7.83. The van der Waals surface area contributed by atoms with Gasteiger partial charge in [-0.3, -0.25) is 4.79 Å². The van der Waals surface area contributed by atoms with Crippen molar-refractivity contribution in [3.63, 3.8) is 0 Å². The van der Waals surface area contributed by atoms with Gasteiger partial charge in [0.1, 0.15) is 17.0 Å². The molecule has 0 saturated carbocycles. The van der Waals surface area contributed by atoms with Crippen LogP contribution in [0.25, 0.3) is 22.6 Å². The van der Waals surface area contributed by atoms with E-state index in [0.717, 1.165) is 5.56 Å².